The Hall–Kier alpha value is -1.14. The predicted molar refractivity (Wildman–Crippen MR) is 81.6 cm³/mol. The van der Waals surface area contributed by atoms with Crippen LogP contribution in [0.2, 0.25) is 0 Å². The number of carbonyl (C=O) groups is 2. The molecule has 0 aromatic carbocycles. The van der Waals surface area contributed by atoms with Crippen molar-refractivity contribution in [2.24, 2.45) is 11.7 Å². The molecule has 0 spiro atoms. The first-order valence-corrected chi connectivity index (χ1v) is 8.09. The molecule has 6 heteroatoms. The minimum Gasteiger partial charge on any atom is -0.358 e. The van der Waals surface area contributed by atoms with E-state index in [0.717, 1.165) is 51.6 Å². The van der Waals surface area contributed by atoms with E-state index in [4.69, 9.17) is 5.73 Å². The Morgan fingerprint density at radius 3 is 2.43 bits per heavy atom. The van der Waals surface area contributed by atoms with Gasteiger partial charge in [-0.25, -0.2) is 0 Å². The van der Waals surface area contributed by atoms with Crippen LogP contribution in [0, 0.1) is 5.92 Å². The Kier molecular flexibility index (Phi) is 5.99. The van der Waals surface area contributed by atoms with Gasteiger partial charge < -0.3 is 16.4 Å². The molecule has 2 atom stereocenters. The summed E-state index contributed by atoms with van der Waals surface area (Å²) in [4.78, 5) is 25.8. The van der Waals surface area contributed by atoms with E-state index in [9.17, 15) is 9.59 Å². The maximum Gasteiger partial charge on any atom is 0.233 e. The van der Waals surface area contributed by atoms with Crippen LogP contribution < -0.4 is 16.4 Å². The second-order valence-electron chi connectivity index (χ2n) is 6.29. The van der Waals surface area contributed by atoms with Gasteiger partial charge >= 0.3 is 0 Å². The van der Waals surface area contributed by atoms with Crippen molar-refractivity contribution in [1.82, 2.24) is 15.5 Å². The molecular weight excluding hydrogens is 268 g/mol. The second kappa shape index (κ2) is 7.75. The van der Waals surface area contributed by atoms with E-state index in [1.54, 1.807) is 7.05 Å². The highest BCUT2D eigenvalue weighted by atomic mass is 16.2. The highest BCUT2D eigenvalue weighted by Crippen LogP contribution is 2.23. The normalized spacial score (nSPS) is 28.1. The smallest absolute Gasteiger partial charge is 0.233 e. The summed E-state index contributed by atoms with van der Waals surface area (Å²) >= 11 is 0. The number of likely N-dealkylation sites (tertiary alicyclic amines) is 1. The van der Waals surface area contributed by atoms with Gasteiger partial charge in [-0.1, -0.05) is 12.8 Å². The molecule has 0 aromatic heterocycles. The lowest BCUT2D eigenvalue weighted by Crippen LogP contribution is -2.51. The van der Waals surface area contributed by atoms with Crippen molar-refractivity contribution in [2.45, 2.75) is 50.6 Å². The van der Waals surface area contributed by atoms with Gasteiger partial charge in [0.25, 0.3) is 0 Å². The van der Waals surface area contributed by atoms with Crippen LogP contribution in [0.4, 0.5) is 0 Å². The summed E-state index contributed by atoms with van der Waals surface area (Å²) in [6.45, 7) is 2.16. The number of nitrogens with two attached hydrogens (primary N) is 1. The maximum absolute atomic E-state index is 12.3. The van der Waals surface area contributed by atoms with Crippen LogP contribution in [0.1, 0.15) is 38.5 Å². The first-order chi connectivity index (χ1) is 10.1. The summed E-state index contributed by atoms with van der Waals surface area (Å²) < 4.78 is 0. The summed E-state index contributed by atoms with van der Waals surface area (Å²) in [6.07, 6.45) is 5.94. The van der Waals surface area contributed by atoms with Crippen LogP contribution >= 0.6 is 0 Å². The molecule has 2 aliphatic rings. The highest BCUT2D eigenvalue weighted by Gasteiger charge is 2.30. The van der Waals surface area contributed by atoms with Gasteiger partial charge in [0.1, 0.15) is 0 Å². The van der Waals surface area contributed by atoms with E-state index in [2.05, 4.69) is 15.5 Å². The largest absolute Gasteiger partial charge is 0.358 e. The van der Waals surface area contributed by atoms with Gasteiger partial charge in [-0.15, -0.1) is 0 Å². The Morgan fingerprint density at radius 1 is 1.14 bits per heavy atom. The molecule has 0 radical (unpaired) electrons. The lowest BCUT2D eigenvalue weighted by molar-refractivity contribution is -0.128. The molecule has 0 aromatic rings. The molecule has 2 rings (SSSR count). The van der Waals surface area contributed by atoms with Gasteiger partial charge in [-0.3, -0.25) is 14.5 Å². The predicted octanol–water partition coefficient (Wildman–Crippen LogP) is -0.169. The van der Waals surface area contributed by atoms with Gasteiger partial charge in [0.15, 0.2) is 0 Å². The van der Waals surface area contributed by atoms with E-state index in [1.165, 1.54) is 0 Å². The molecular formula is C15H28N4O2. The van der Waals surface area contributed by atoms with Crippen molar-refractivity contribution in [2.75, 3.05) is 26.7 Å². The average molecular weight is 296 g/mol. The quantitative estimate of drug-likeness (QED) is 0.672. The molecule has 2 unspecified atom stereocenters. The van der Waals surface area contributed by atoms with Gasteiger partial charge in [0.2, 0.25) is 11.8 Å². The fourth-order valence-corrected chi connectivity index (χ4v) is 3.31. The Balaban J connectivity index is 1.72. The third-order valence-electron chi connectivity index (χ3n) is 4.74. The van der Waals surface area contributed by atoms with E-state index in [1.807, 2.05) is 0 Å². The average Bonchev–Trinajstić information content (AvgIpc) is 2.49. The van der Waals surface area contributed by atoms with Crippen molar-refractivity contribution in [3.63, 3.8) is 0 Å². The number of amides is 2. The van der Waals surface area contributed by atoms with Crippen molar-refractivity contribution in [3.05, 3.63) is 0 Å². The zero-order chi connectivity index (χ0) is 15.2. The van der Waals surface area contributed by atoms with Crippen LogP contribution in [0.5, 0.6) is 0 Å². The number of carbonyl (C=O) groups excluding carboxylic acids is 2. The number of piperidine rings is 1. The first-order valence-electron chi connectivity index (χ1n) is 8.09. The zero-order valence-electron chi connectivity index (χ0n) is 12.9. The number of likely N-dealkylation sites (N-methyl/N-ethyl adjacent to an activating group) is 1. The first kappa shape index (κ1) is 16.2. The highest BCUT2D eigenvalue weighted by molar-refractivity contribution is 5.80. The van der Waals surface area contributed by atoms with Crippen LogP contribution in [0.25, 0.3) is 0 Å². The number of hydrogen-bond donors (Lipinski definition) is 3. The summed E-state index contributed by atoms with van der Waals surface area (Å²) in [5.41, 5.74) is 6.06. The topological polar surface area (TPSA) is 87.5 Å². The van der Waals surface area contributed by atoms with Crippen LogP contribution in [0.15, 0.2) is 0 Å². The SMILES string of the molecule is CNC(=O)CN1CCC(NC(=O)C2CCCCC2N)CC1. The number of rotatable bonds is 4. The van der Waals surface area contributed by atoms with Crippen LogP contribution in [0.3, 0.4) is 0 Å². The lowest BCUT2D eigenvalue weighted by atomic mass is 9.84. The van der Waals surface area contributed by atoms with E-state index in [0.29, 0.717) is 6.54 Å². The molecule has 1 aliphatic heterocycles. The van der Waals surface area contributed by atoms with E-state index in [-0.39, 0.29) is 29.8 Å². The third kappa shape index (κ3) is 4.68. The molecule has 21 heavy (non-hydrogen) atoms. The molecule has 6 nitrogen and oxygen atoms in total. The number of nitrogens with one attached hydrogen (secondary N) is 2. The molecule has 1 heterocycles. The van der Waals surface area contributed by atoms with Crippen LogP contribution in [-0.2, 0) is 9.59 Å². The summed E-state index contributed by atoms with van der Waals surface area (Å²) in [7, 11) is 1.66. The van der Waals surface area contributed by atoms with E-state index < -0.39 is 0 Å². The van der Waals surface area contributed by atoms with Crippen molar-refractivity contribution in [1.29, 1.82) is 0 Å². The fourth-order valence-electron chi connectivity index (χ4n) is 3.31. The maximum atomic E-state index is 12.3. The molecule has 120 valence electrons. The Morgan fingerprint density at radius 2 is 1.81 bits per heavy atom. The van der Waals surface area contributed by atoms with Gasteiger partial charge in [0.05, 0.1) is 12.5 Å². The van der Waals surface area contributed by atoms with Gasteiger partial charge in [0, 0.05) is 32.2 Å². The Labute approximate surface area is 126 Å². The van der Waals surface area contributed by atoms with Crippen LogP contribution in [-0.4, -0.2) is 55.5 Å². The molecule has 4 N–H and O–H groups in total. The summed E-state index contributed by atoms with van der Waals surface area (Å²) in [5, 5.41) is 5.80. The molecule has 0 bridgehead atoms. The minimum absolute atomic E-state index is 0.0114. The Bertz CT molecular complexity index is 367. The number of hydrogen-bond acceptors (Lipinski definition) is 4. The lowest BCUT2D eigenvalue weighted by Gasteiger charge is -2.34. The third-order valence-corrected chi connectivity index (χ3v) is 4.74. The molecule has 2 amide bonds. The van der Waals surface area contributed by atoms with E-state index >= 15 is 0 Å². The summed E-state index contributed by atoms with van der Waals surface area (Å²) in [6, 6.07) is 0.250. The molecule has 2 fully saturated rings. The number of nitrogens with zero attached hydrogens (tertiary/aromatic N) is 1. The van der Waals surface area contributed by atoms with Crippen molar-refractivity contribution >= 4 is 11.8 Å². The monoisotopic (exact) mass is 296 g/mol. The van der Waals surface area contributed by atoms with Crippen molar-refractivity contribution < 1.29 is 9.59 Å². The zero-order valence-corrected chi connectivity index (χ0v) is 12.9. The molecule has 1 saturated carbocycles. The van der Waals surface area contributed by atoms with Gasteiger partial charge in [-0.2, -0.15) is 0 Å². The second-order valence-corrected chi connectivity index (χ2v) is 6.29. The molecule has 1 aliphatic carbocycles. The fraction of sp³-hybridized carbons (Fsp3) is 0.867. The molecule has 1 saturated heterocycles. The standard InChI is InChI=1S/C15H28N4O2/c1-17-14(20)10-19-8-6-11(7-9-19)18-15(21)12-4-2-3-5-13(12)16/h11-13H,2-10,16H2,1H3,(H,17,20)(H,18,21). The minimum atomic E-state index is -0.0114. The van der Waals surface area contributed by atoms with Crippen molar-refractivity contribution in [3.8, 4) is 0 Å². The van der Waals surface area contributed by atoms with Gasteiger partial charge in [-0.05, 0) is 25.7 Å². The summed E-state index contributed by atoms with van der Waals surface area (Å²) in [5.74, 6) is 0.167.